The van der Waals surface area contributed by atoms with Gasteiger partial charge in [-0.1, -0.05) is 25.0 Å². The molecule has 0 radical (unpaired) electrons. The van der Waals surface area contributed by atoms with Gasteiger partial charge in [-0.3, -0.25) is 0 Å². The van der Waals surface area contributed by atoms with E-state index in [2.05, 4.69) is 23.2 Å². The van der Waals surface area contributed by atoms with Crippen molar-refractivity contribution in [3.05, 3.63) is 34.2 Å². The van der Waals surface area contributed by atoms with E-state index in [1.807, 2.05) is 0 Å². The van der Waals surface area contributed by atoms with Crippen LogP contribution in [-0.2, 0) is 12.8 Å². The third-order valence-electron chi connectivity index (χ3n) is 5.02. The molecule has 0 bridgehead atoms. The van der Waals surface area contributed by atoms with E-state index >= 15 is 0 Å². The zero-order valence-electron chi connectivity index (χ0n) is 12.4. The number of thiazole rings is 1. The molecule has 0 atom stereocenters. The first-order chi connectivity index (χ1) is 10.3. The molecule has 2 aliphatic carbocycles. The second kappa shape index (κ2) is 5.45. The number of aromatic nitrogens is 1. The fourth-order valence-electron chi connectivity index (χ4n) is 3.90. The van der Waals surface area contributed by atoms with Gasteiger partial charge in [-0.05, 0) is 61.6 Å². The second-order valence-electron chi connectivity index (χ2n) is 6.44. The van der Waals surface area contributed by atoms with Crippen LogP contribution in [-0.4, -0.2) is 4.98 Å². The molecule has 0 saturated heterocycles. The summed E-state index contributed by atoms with van der Waals surface area (Å²) in [6.45, 7) is 0. The number of aryl methyl sites for hydroxylation is 2. The Hall–Kier alpha value is -1.35. The van der Waals surface area contributed by atoms with Gasteiger partial charge in [0.25, 0.3) is 0 Å². The lowest BCUT2D eigenvalue weighted by Gasteiger charge is -2.17. The van der Waals surface area contributed by atoms with Crippen molar-refractivity contribution >= 4 is 16.5 Å². The predicted octanol–water partition coefficient (Wildman–Crippen LogP) is 4.93. The van der Waals surface area contributed by atoms with Crippen molar-refractivity contribution in [1.29, 1.82) is 0 Å². The molecule has 2 N–H and O–H groups in total. The highest BCUT2D eigenvalue weighted by atomic mass is 32.1. The first-order valence-electron chi connectivity index (χ1n) is 8.19. The molecule has 0 amide bonds. The normalized spacial score (nSPS) is 18.9. The van der Waals surface area contributed by atoms with Gasteiger partial charge < -0.3 is 5.73 Å². The molecule has 1 saturated carbocycles. The van der Waals surface area contributed by atoms with Crippen LogP contribution in [0.25, 0.3) is 11.3 Å². The Morgan fingerprint density at radius 2 is 1.76 bits per heavy atom. The first kappa shape index (κ1) is 13.3. The van der Waals surface area contributed by atoms with E-state index in [9.17, 15) is 0 Å². The molecule has 2 nitrogen and oxygen atoms in total. The molecular formula is C18H22N2S. The van der Waals surface area contributed by atoms with Crippen molar-refractivity contribution in [2.75, 3.05) is 5.73 Å². The summed E-state index contributed by atoms with van der Waals surface area (Å²) in [4.78, 5) is 6.10. The summed E-state index contributed by atoms with van der Waals surface area (Å²) in [6, 6.07) is 6.95. The number of anilines is 1. The lowest BCUT2D eigenvalue weighted by atomic mass is 9.89. The number of nitrogen functional groups attached to an aromatic ring is 1. The lowest BCUT2D eigenvalue weighted by molar-refractivity contribution is 0.686. The van der Waals surface area contributed by atoms with E-state index in [0.29, 0.717) is 5.92 Å². The Labute approximate surface area is 130 Å². The molecule has 0 spiro atoms. The quantitative estimate of drug-likeness (QED) is 0.854. The number of fused-ring (bicyclic) bond motifs is 1. The highest BCUT2D eigenvalue weighted by molar-refractivity contribution is 7.15. The number of nitrogens with zero attached hydrogens (tertiary/aromatic N) is 1. The minimum Gasteiger partial charge on any atom is -0.375 e. The molecule has 110 valence electrons. The maximum absolute atomic E-state index is 6.03. The molecule has 3 heteroatoms. The molecule has 1 aromatic carbocycles. The fraction of sp³-hybridized carbons (Fsp3) is 0.500. The van der Waals surface area contributed by atoms with Crippen molar-refractivity contribution in [1.82, 2.24) is 4.98 Å². The molecular weight excluding hydrogens is 276 g/mol. The van der Waals surface area contributed by atoms with Gasteiger partial charge in [-0.15, -0.1) is 11.3 Å². The summed E-state index contributed by atoms with van der Waals surface area (Å²) in [6.07, 6.45) is 10.4. The molecule has 4 rings (SSSR count). The Balaban J connectivity index is 1.75. The number of hydrogen-bond donors (Lipinski definition) is 1. The van der Waals surface area contributed by atoms with Gasteiger partial charge in [0.1, 0.15) is 0 Å². The molecule has 1 fully saturated rings. The van der Waals surface area contributed by atoms with Crippen LogP contribution in [0.4, 0.5) is 5.13 Å². The van der Waals surface area contributed by atoms with Gasteiger partial charge in [-0.2, -0.15) is 0 Å². The predicted molar refractivity (Wildman–Crippen MR) is 89.8 cm³/mol. The number of rotatable bonds is 2. The van der Waals surface area contributed by atoms with Crippen LogP contribution in [0.15, 0.2) is 18.2 Å². The summed E-state index contributed by atoms with van der Waals surface area (Å²) in [7, 11) is 0. The van der Waals surface area contributed by atoms with Gasteiger partial charge in [0, 0.05) is 10.4 Å². The van der Waals surface area contributed by atoms with E-state index in [-0.39, 0.29) is 0 Å². The van der Waals surface area contributed by atoms with Crippen molar-refractivity contribution < 1.29 is 0 Å². The maximum Gasteiger partial charge on any atom is 0.180 e. The summed E-state index contributed by atoms with van der Waals surface area (Å²) >= 11 is 1.71. The number of benzene rings is 1. The molecule has 1 aromatic heterocycles. The SMILES string of the molecule is Nc1nc(-c2ccc3c(c2)CCCC3)c(C2CCCC2)s1. The van der Waals surface area contributed by atoms with Crippen LogP contribution >= 0.6 is 11.3 Å². The Morgan fingerprint density at radius 3 is 2.57 bits per heavy atom. The highest BCUT2D eigenvalue weighted by Crippen LogP contribution is 2.43. The van der Waals surface area contributed by atoms with Gasteiger partial charge in [0.15, 0.2) is 5.13 Å². The fourth-order valence-corrected chi connectivity index (χ4v) is 4.93. The summed E-state index contributed by atoms with van der Waals surface area (Å²) in [5.41, 5.74) is 11.5. The van der Waals surface area contributed by atoms with Gasteiger partial charge >= 0.3 is 0 Å². The van der Waals surface area contributed by atoms with Crippen molar-refractivity contribution in [2.45, 2.75) is 57.3 Å². The van der Waals surface area contributed by atoms with E-state index in [1.54, 1.807) is 11.3 Å². The summed E-state index contributed by atoms with van der Waals surface area (Å²) in [5, 5.41) is 0.727. The average Bonchev–Trinajstić information content (AvgIpc) is 3.15. The maximum atomic E-state index is 6.03. The van der Waals surface area contributed by atoms with Crippen LogP contribution in [0.3, 0.4) is 0 Å². The third-order valence-corrected chi connectivity index (χ3v) is 6.06. The zero-order valence-corrected chi connectivity index (χ0v) is 13.2. The monoisotopic (exact) mass is 298 g/mol. The minimum absolute atomic E-state index is 0.686. The van der Waals surface area contributed by atoms with Gasteiger partial charge in [0.05, 0.1) is 5.69 Å². The molecule has 0 unspecified atom stereocenters. The molecule has 21 heavy (non-hydrogen) atoms. The minimum atomic E-state index is 0.686. The largest absolute Gasteiger partial charge is 0.375 e. The van der Waals surface area contributed by atoms with Crippen molar-refractivity contribution in [3.8, 4) is 11.3 Å². The third kappa shape index (κ3) is 2.48. The zero-order chi connectivity index (χ0) is 14.2. The smallest absolute Gasteiger partial charge is 0.180 e. The molecule has 0 aliphatic heterocycles. The molecule has 2 aromatic rings. The van der Waals surface area contributed by atoms with E-state index < -0.39 is 0 Å². The topological polar surface area (TPSA) is 38.9 Å². The van der Waals surface area contributed by atoms with E-state index in [0.717, 1.165) is 10.8 Å². The van der Waals surface area contributed by atoms with Crippen LogP contribution in [0.5, 0.6) is 0 Å². The highest BCUT2D eigenvalue weighted by Gasteiger charge is 2.24. The van der Waals surface area contributed by atoms with Gasteiger partial charge in [0.2, 0.25) is 0 Å². The number of hydrogen-bond acceptors (Lipinski definition) is 3. The molecule has 1 heterocycles. The molecule has 2 aliphatic rings. The van der Waals surface area contributed by atoms with Crippen LogP contribution in [0.1, 0.15) is 60.4 Å². The standard InChI is InChI=1S/C18H22N2S/c19-18-20-16(17(21-18)13-6-2-3-7-13)15-10-9-12-5-1-4-8-14(12)11-15/h9-11,13H,1-8H2,(H2,19,20). The van der Waals surface area contributed by atoms with Crippen molar-refractivity contribution in [2.24, 2.45) is 0 Å². The van der Waals surface area contributed by atoms with Crippen LogP contribution < -0.4 is 5.73 Å². The lowest BCUT2D eigenvalue weighted by Crippen LogP contribution is -2.02. The Morgan fingerprint density at radius 1 is 1.00 bits per heavy atom. The van der Waals surface area contributed by atoms with E-state index in [4.69, 9.17) is 5.73 Å². The Bertz CT molecular complexity index is 653. The van der Waals surface area contributed by atoms with Gasteiger partial charge in [-0.25, -0.2) is 4.98 Å². The summed E-state index contributed by atoms with van der Waals surface area (Å²) in [5.74, 6) is 0.686. The Kier molecular flexibility index (Phi) is 3.46. The second-order valence-corrected chi connectivity index (χ2v) is 7.50. The summed E-state index contributed by atoms with van der Waals surface area (Å²) < 4.78 is 0. The van der Waals surface area contributed by atoms with Crippen LogP contribution in [0, 0.1) is 0 Å². The van der Waals surface area contributed by atoms with E-state index in [1.165, 1.54) is 72.9 Å². The van der Waals surface area contributed by atoms with Crippen molar-refractivity contribution in [3.63, 3.8) is 0 Å². The first-order valence-corrected chi connectivity index (χ1v) is 9.01. The number of nitrogens with two attached hydrogens (primary N) is 1. The van der Waals surface area contributed by atoms with Crippen LogP contribution in [0.2, 0.25) is 0 Å². The average molecular weight is 298 g/mol.